The van der Waals surface area contributed by atoms with E-state index in [2.05, 4.69) is 20.4 Å². The minimum atomic E-state index is -0.0126. The molecule has 112 valence electrons. The van der Waals surface area contributed by atoms with Crippen LogP contribution in [0.25, 0.3) is 11.4 Å². The first-order valence-electron chi connectivity index (χ1n) is 6.91. The molecule has 0 saturated carbocycles. The zero-order valence-electron chi connectivity index (χ0n) is 12.9. The van der Waals surface area contributed by atoms with Gasteiger partial charge in [-0.15, -0.1) is 0 Å². The van der Waals surface area contributed by atoms with Crippen LogP contribution in [0.1, 0.15) is 32.9 Å². The summed E-state index contributed by atoms with van der Waals surface area (Å²) in [6, 6.07) is 1.92. The summed E-state index contributed by atoms with van der Waals surface area (Å²) in [5.41, 5.74) is 2.39. The van der Waals surface area contributed by atoms with Crippen molar-refractivity contribution in [1.82, 2.24) is 25.1 Å². The van der Waals surface area contributed by atoms with Gasteiger partial charge in [0.15, 0.2) is 0 Å². The van der Waals surface area contributed by atoms with Crippen molar-refractivity contribution in [3.63, 3.8) is 0 Å². The third kappa shape index (κ3) is 4.37. The number of aromatic nitrogens is 4. The van der Waals surface area contributed by atoms with Crippen LogP contribution >= 0.6 is 0 Å². The molecule has 2 rings (SSSR count). The molecule has 0 spiro atoms. The summed E-state index contributed by atoms with van der Waals surface area (Å²) in [5.74, 6) is 0.0461. The molecule has 0 aliphatic rings. The summed E-state index contributed by atoms with van der Waals surface area (Å²) in [6.45, 7) is 6.59. The van der Waals surface area contributed by atoms with E-state index in [1.54, 1.807) is 23.3 Å². The van der Waals surface area contributed by atoms with Gasteiger partial charge in [0.05, 0.1) is 18.4 Å². The number of hydrogen-bond donors (Lipinski definition) is 1. The van der Waals surface area contributed by atoms with Crippen LogP contribution in [0.3, 0.4) is 0 Å². The fourth-order valence-corrected chi connectivity index (χ4v) is 1.96. The molecule has 0 aliphatic carbocycles. The van der Waals surface area contributed by atoms with Crippen LogP contribution in [0.2, 0.25) is 0 Å². The Balaban J connectivity index is 2.02. The van der Waals surface area contributed by atoms with Gasteiger partial charge >= 0.3 is 0 Å². The van der Waals surface area contributed by atoms with Crippen molar-refractivity contribution in [1.29, 1.82) is 0 Å². The first kappa shape index (κ1) is 15.2. The van der Waals surface area contributed by atoms with Crippen LogP contribution in [0.15, 0.2) is 24.7 Å². The third-order valence-corrected chi connectivity index (χ3v) is 2.96. The number of hydrogen-bond acceptors (Lipinski definition) is 4. The Hall–Kier alpha value is -2.24. The Kier molecular flexibility index (Phi) is 4.35. The number of nitrogens with one attached hydrogen (secondary N) is 1. The first-order valence-corrected chi connectivity index (χ1v) is 6.91. The Morgan fingerprint density at radius 1 is 1.29 bits per heavy atom. The lowest BCUT2D eigenvalue weighted by Gasteiger charge is -2.17. The molecule has 1 N–H and O–H groups in total. The zero-order valence-corrected chi connectivity index (χ0v) is 12.9. The van der Waals surface area contributed by atoms with Gasteiger partial charge in [-0.1, -0.05) is 20.8 Å². The average molecular weight is 287 g/mol. The van der Waals surface area contributed by atoms with Gasteiger partial charge < -0.3 is 5.32 Å². The van der Waals surface area contributed by atoms with Crippen molar-refractivity contribution in [3.05, 3.63) is 30.4 Å². The smallest absolute Gasteiger partial charge is 0.220 e. The van der Waals surface area contributed by atoms with Crippen molar-refractivity contribution < 1.29 is 4.79 Å². The molecule has 0 saturated heterocycles. The van der Waals surface area contributed by atoms with Crippen LogP contribution in [0.4, 0.5) is 0 Å². The van der Waals surface area contributed by atoms with Crippen molar-refractivity contribution in [2.24, 2.45) is 12.5 Å². The molecule has 0 aliphatic heterocycles. The van der Waals surface area contributed by atoms with Gasteiger partial charge in [0.2, 0.25) is 5.91 Å². The molecule has 2 aromatic heterocycles. The van der Waals surface area contributed by atoms with Gasteiger partial charge in [-0.25, -0.2) is 0 Å². The van der Waals surface area contributed by atoms with E-state index in [0.29, 0.717) is 13.0 Å². The molecule has 2 heterocycles. The lowest BCUT2D eigenvalue weighted by atomic mass is 9.92. The summed E-state index contributed by atoms with van der Waals surface area (Å²) >= 11 is 0. The van der Waals surface area contributed by atoms with Gasteiger partial charge in [0, 0.05) is 25.9 Å². The average Bonchev–Trinajstić information content (AvgIpc) is 2.77. The van der Waals surface area contributed by atoms with E-state index < -0.39 is 0 Å². The van der Waals surface area contributed by atoms with Gasteiger partial charge in [0.1, 0.15) is 11.4 Å². The van der Waals surface area contributed by atoms with Gasteiger partial charge in [-0.2, -0.15) is 5.10 Å². The van der Waals surface area contributed by atoms with Crippen molar-refractivity contribution in [3.8, 4) is 11.4 Å². The summed E-state index contributed by atoms with van der Waals surface area (Å²) < 4.78 is 1.75. The van der Waals surface area contributed by atoms with Crippen molar-refractivity contribution in [2.75, 3.05) is 0 Å². The second-order valence-corrected chi connectivity index (χ2v) is 6.25. The molecule has 0 unspecified atom stereocenters. The Labute approximate surface area is 124 Å². The van der Waals surface area contributed by atoms with Crippen LogP contribution in [-0.2, 0) is 18.4 Å². The van der Waals surface area contributed by atoms with E-state index >= 15 is 0 Å². The summed E-state index contributed by atoms with van der Waals surface area (Å²) in [6.07, 6.45) is 5.43. The Morgan fingerprint density at radius 2 is 2.05 bits per heavy atom. The first-order chi connectivity index (χ1) is 9.85. The normalized spacial score (nSPS) is 11.4. The Morgan fingerprint density at radius 3 is 2.67 bits per heavy atom. The molecular weight excluding hydrogens is 266 g/mol. The molecule has 0 radical (unpaired) electrons. The fourth-order valence-electron chi connectivity index (χ4n) is 1.96. The predicted molar refractivity (Wildman–Crippen MR) is 80.2 cm³/mol. The van der Waals surface area contributed by atoms with E-state index in [-0.39, 0.29) is 11.3 Å². The molecule has 0 bridgehead atoms. The molecular formula is C15H21N5O. The molecule has 0 atom stereocenters. The topological polar surface area (TPSA) is 72.7 Å². The maximum Gasteiger partial charge on any atom is 0.220 e. The fraction of sp³-hybridized carbons (Fsp3) is 0.467. The molecule has 0 fully saturated rings. The van der Waals surface area contributed by atoms with Gasteiger partial charge in [-0.3, -0.25) is 19.4 Å². The summed E-state index contributed by atoms with van der Waals surface area (Å²) in [5, 5.41) is 7.32. The molecule has 0 aromatic carbocycles. The van der Waals surface area contributed by atoms with Crippen LogP contribution < -0.4 is 5.32 Å². The number of aryl methyl sites for hydroxylation is 1. The highest BCUT2D eigenvalue weighted by Crippen LogP contribution is 2.18. The predicted octanol–water partition coefficient (Wildman–Crippen LogP) is 1.93. The number of rotatable bonds is 4. The minimum Gasteiger partial charge on any atom is -0.350 e. The number of nitrogens with zero attached hydrogens (tertiary/aromatic N) is 4. The molecule has 6 nitrogen and oxygen atoms in total. The lowest BCUT2D eigenvalue weighted by molar-refractivity contribution is -0.123. The molecule has 6 heteroatoms. The van der Waals surface area contributed by atoms with Gasteiger partial charge in [-0.05, 0) is 11.5 Å². The highest BCUT2D eigenvalue weighted by molar-refractivity contribution is 5.76. The van der Waals surface area contributed by atoms with Crippen molar-refractivity contribution >= 4 is 5.91 Å². The number of amides is 1. The third-order valence-electron chi connectivity index (χ3n) is 2.96. The van der Waals surface area contributed by atoms with Gasteiger partial charge in [0.25, 0.3) is 0 Å². The number of carbonyl (C=O) groups is 1. The van der Waals surface area contributed by atoms with Crippen molar-refractivity contribution in [2.45, 2.75) is 33.7 Å². The zero-order chi connectivity index (χ0) is 15.5. The second kappa shape index (κ2) is 6.03. The summed E-state index contributed by atoms with van der Waals surface area (Å²) in [4.78, 5) is 20.1. The SMILES string of the molecule is Cn1nc(-c2cnccn2)cc1CNC(=O)CC(C)(C)C. The number of carbonyl (C=O) groups excluding carboxylic acids is 1. The standard InChI is InChI=1S/C15H21N5O/c1-15(2,3)8-14(21)18-9-11-7-12(19-20(11)4)13-10-16-5-6-17-13/h5-7,10H,8-9H2,1-4H3,(H,18,21). The minimum absolute atomic E-state index is 0.0126. The van der Waals surface area contributed by atoms with E-state index in [1.165, 1.54) is 0 Å². The highest BCUT2D eigenvalue weighted by atomic mass is 16.1. The van der Waals surface area contributed by atoms with E-state index in [1.807, 2.05) is 33.9 Å². The summed E-state index contributed by atoms with van der Waals surface area (Å²) in [7, 11) is 1.85. The van der Waals surface area contributed by atoms with Crippen LogP contribution in [-0.4, -0.2) is 25.7 Å². The maximum absolute atomic E-state index is 11.9. The molecule has 21 heavy (non-hydrogen) atoms. The molecule has 1 amide bonds. The largest absolute Gasteiger partial charge is 0.350 e. The lowest BCUT2D eigenvalue weighted by Crippen LogP contribution is -2.27. The highest BCUT2D eigenvalue weighted by Gasteiger charge is 2.16. The maximum atomic E-state index is 11.9. The second-order valence-electron chi connectivity index (χ2n) is 6.25. The van der Waals surface area contributed by atoms with Crippen LogP contribution in [0.5, 0.6) is 0 Å². The van der Waals surface area contributed by atoms with E-state index in [4.69, 9.17) is 0 Å². The van der Waals surface area contributed by atoms with E-state index in [0.717, 1.165) is 17.1 Å². The van der Waals surface area contributed by atoms with Crippen LogP contribution in [0, 0.1) is 5.41 Å². The molecule has 2 aromatic rings. The monoisotopic (exact) mass is 287 g/mol. The Bertz CT molecular complexity index is 613. The van der Waals surface area contributed by atoms with E-state index in [9.17, 15) is 4.79 Å². The quantitative estimate of drug-likeness (QED) is 0.932.